The van der Waals surface area contributed by atoms with E-state index in [2.05, 4.69) is 11.4 Å². The molecule has 1 heterocycles. The van der Waals surface area contributed by atoms with Crippen LogP contribution in [0.1, 0.15) is 18.4 Å². The van der Waals surface area contributed by atoms with E-state index in [1.807, 2.05) is 37.4 Å². The van der Waals surface area contributed by atoms with Gasteiger partial charge in [-0.15, -0.1) is 11.8 Å². The van der Waals surface area contributed by atoms with Crippen LogP contribution in [0.15, 0.2) is 24.3 Å². The molecule has 0 aliphatic carbocycles. The number of thioether (sulfide) groups is 1. The first kappa shape index (κ1) is 14.7. The molecule has 2 amide bonds. The normalized spacial score (nSPS) is 17.4. The minimum absolute atomic E-state index is 0.0819. The van der Waals surface area contributed by atoms with Crippen molar-refractivity contribution in [2.75, 3.05) is 24.7 Å². The van der Waals surface area contributed by atoms with Crippen LogP contribution < -0.4 is 5.32 Å². The Balaban J connectivity index is 1.92. The van der Waals surface area contributed by atoms with Crippen LogP contribution in [0, 0.1) is 18.3 Å². The molecule has 20 heavy (non-hydrogen) atoms. The number of anilines is 1. The lowest BCUT2D eigenvalue weighted by atomic mass is 9.97. The molecule has 1 aliphatic heterocycles. The summed E-state index contributed by atoms with van der Waals surface area (Å²) in [6.07, 6.45) is 3.42. The van der Waals surface area contributed by atoms with Crippen LogP contribution in [0.2, 0.25) is 0 Å². The number of amides is 2. The number of rotatable bonds is 2. The molecular formula is C15H19N3OS. The molecule has 0 aromatic heterocycles. The first-order valence-electron chi connectivity index (χ1n) is 6.67. The average Bonchev–Trinajstić information content (AvgIpc) is 2.49. The molecule has 0 saturated carbocycles. The van der Waals surface area contributed by atoms with Gasteiger partial charge in [-0.1, -0.05) is 17.7 Å². The summed E-state index contributed by atoms with van der Waals surface area (Å²) in [5.41, 5.74) is 1.97. The van der Waals surface area contributed by atoms with Gasteiger partial charge in [0.05, 0.1) is 6.07 Å². The Bertz CT molecular complexity index is 513. The smallest absolute Gasteiger partial charge is 0.321 e. The number of likely N-dealkylation sites (tertiary alicyclic amines) is 1. The van der Waals surface area contributed by atoms with Gasteiger partial charge in [0.25, 0.3) is 0 Å². The average molecular weight is 289 g/mol. The lowest BCUT2D eigenvalue weighted by Crippen LogP contribution is -2.46. The highest BCUT2D eigenvalue weighted by atomic mass is 32.2. The van der Waals surface area contributed by atoms with Gasteiger partial charge in [0.15, 0.2) is 0 Å². The molecule has 2 rings (SSSR count). The van der Waals surface area contributed by atoms with Crippen molar-refractivity contribution in [1.29, 1.82) is 5.26 Å². The van der Waals surface area contributed by atoms with E-state index < -0.39 is 0 Å². The number of urea groups is 1. The number of piperidine rings is 1. The largest absolute Gasteiger partial charge is 0.324 e. The molecule has 4 nitrogen and oxygen atoms in total. The summed E-state index contributed by atoms with van der Waals surface area (Å²) in [5.74, 6) is 0. The number of carbonyl (C=O) groups excluding carboxylic acids is 1. The number of nitriles is 1. The van der Waals surface area contributed by atoms with Gasteiger partial charge in [-0.05, 0) is 38.2 Å². The highest BCUT2D eigenvalue weighted by molar-refractivity contribution is 8.00. The van der Waals surface area contributed by atoms with Crippen molar-refractivity contribution in [2.24, 2.45) is 0 Å². The van der Waals surface area contributed by atoms with E-state index in [0.29, 0.717) is 13.1 Å². The number of carbonyl (C=O) groups is 1. The Morgan fingerprint density at radius 1 is 1.35 bits per heavy atom. The number of benzene rings is 1. The van der Waals surface area contributed by atoms with Crippen molar-refractivity contribution in [3.05, 3.63) is 29.8 Å². The number of hydrogen-bond donors (Lipinski definition) is 1. The van der Waals surface area contributed by atoms with Crippen molar-refractivity contribution in [3.63, 3.8) is 0 Å². The zero-order valence-corrected chi connectivity index (χ0v) is 12.7. The molecule has 0 radical (unpaired) electrons. The van der Waals surface area contributed by atoms with E-state index in [1.165, 1.54) is 5.56 Å². The van der Waals surface area contributed by atoms with Crippen LogP contribution >= 0.6 is 11.8 Å². The zero-order chi connectivity index (χ0) is 14.6. The lowest BCUT2D eigenvalue weighted by Gasteiger charge is -2.36. The summed E-state index contributed by atoms with van der Waals surface area (Å²) >= 11 is 1.59. The third-order valence-electron chi connectivity index (χ3n) is 3.76. The Morgan fingerprint density at radius 2 is 1.95 bits per heavy atom. The van der Waals surface area contributed by atoms with Gasteiger partial charge in [0.1, 0.15) is 4.75 Å². The zero-order valence-electron chi connectivity index (χ0n) is 11.8. The number of aryl methyl sites for hydroxylation is 1. The fourth-order valence-electron chi connectivity index (χ4n) is 2.27. The van der Waals surface area contributed by atoms with Crippen molar-refractivity contribution in [2.45, 2.75) is 24.5 Å². The maximum atomic E-state index is 12.2. The van der Waals surface area contributed by atoms with E-state index in [9.17, 15) is 10.1 Å². The topological polar surface area (TPSA) is 56.1 Å². The molecule has 1 aromatic carbocycles. The van der Waals surface area contributed by atoms with Gasteiger partial charge in [0.2, 0.25) is 0 Å². The Hall–Kier alpha value is -1.67. The van der Waals surface area contributed by atoms with Crippen LogP contribution in [0.4, 0.5) is 10.5 Å². The Morgan fingerprint density at radius 3 is 2.45 bits per heavy atom. The second kappa shape index (κ2) is 6.19. The van der Waals surface area contributed by atoms with Crippen LogP contribution in [0.3, 0.4) is 0 Å². The van der Waals surface area contributed by atoms with Gasteiger partial charge in [-0.3, -0.25) is 0 Å². The number of nitrogens with zero attached hydrogens (tertiary/aromatic N) is 2. The van der Waals surface area contributed by atoms with Gasteiger partial charge in [-0.2, -0.15) is 5.26 Å². The van der Waals surface area contributed by atoms with Gasteiger partial charge in [-0.25, -0.2) is 4.79 Å². The van der Waals surface area contributed by atoms with E-state index in [0.717, 1.165) is 18.5 Å². The SMILES string of the molecule is CSC1(C#N)CCN(C(=O)Nc2ccc(C)cc2)CC1. The van der Waals surface area contributed by atoms with Crippen LogP contribution in [0.25, 0.3) is 0 Å². The summed E-state index contributed by atoms with van der Waals surface area (Å²) in [5, 5.41) is 12.1. The summed E-state index contributed by atoms with van der Waals surface area (Å²) in [6, 6.07) is 10.1. The van der Waals surface area contributed by atoms with Crippen molar-refractivity contribution in [3.8, 4) is 6.07 Å². The van der Waals surface area contributed by atoms with Crippen LogP contribution in [-0.2, 0) is 0 Å². The maximum Gasteiger partial charge on any atom is 0.321 e. The molecule has 1 saturated heterocycles. The van der Waals surface area contributed by atoms with Gasteiger partial charge in [0, 0.05) is 18.8 Å². The minimum Gasteiger partial charge on any atom is -0.324 e. The summed E-state index contributed by atoms with van der Waals surface area (Å²) in [4.78, 5) is 13.9. The first-order chi connectivity index (χ1) is 9.58. The highest BCUT2D eigenvalue weighted by Crippen LogP contribution is 2.33. The predicted molar refractivity (Wildman–Crippen MR) is 82.9 cm³/mol. The predicted octanol–water partition coefficient (Wildman–Crippen LogP) is 3.25. The highest BCUT2D eigenvalue weighted by Gasteiger charge is 2.35. The second-order valence-corrected chi connectivity index (χ2v) is 6.28. The van der Waals surface area contributed by atoms with Crippen molar-refractivity contribution in [1.82, 2.24) is 4.90 Å². The Labute approximate surface area is 124 Å². The summed E-state index contributed by atoms with van der Waals surface area (Å²) in [6.45, 7) is 3.28. The standard InChI is InChI=1S/C15H19N3OS/c1-12-3-5-13(6-4-12)17-14(19)18-9-7-15(11-16,20-2)8-10-18/h3-6H,7-10H2,1-2H3,(H,17,19). The van der Waals surface area contributed by atoms with E-state index in [-0.39, 0.29) is 10.8 Å². The van der Waals surface area contributed by atoms with Gasteiger partial charge >= 0.3 is 6.03 Å². The second-order valence-electron chi connectivity index (χ2n) is 5.09. The Kier molecular flexibility index (Phi) is 4.56. The monoisotopic (exact) mass is 289 g/mol. The van der Waals surface area contributed by atoms with Crippen molar-refractivity contribution >= 4 is 23.5 Å². The molecule has 0 spiro atoms. The molecule has 1 aromatic rings. The summed E-state index contributed by atoms with van der Waals surface area (Å²) in [7, 11) is 0. The minimum atomic E-state index is -0.319. The lowest BCUT2D eigenvalue weighted by molar-refractivity contribution is 0.196. The fraction of sp³-hybridized carbons (Fsp3) is 0.467. The third kappa shape index (κ3) is 3.26. The molecule has 1 N–H and O–H groups in total. The van der Waals surface area contributed by atoms with Crippen LogP contribution in [0.5, 0.6) is 0 Å². The number of hydrogen-bond acceptors (Lipinski definition) is 3. The van der Waals surface area contributed by atoms with Gasteiger partial charge < -0.3 is 10.2 Å². The molecule has 0 atom stereocenters. The maximum absolute atomic E-state index is 12.2. The molecule has 5 heteroatoms. The molecule has 0 bridgehead atoms. The molecular weight excluding hydrogens is 270 g/mol. The van der Waals surface area contributed by atoms with E-state index in [4.69, 9.17) is 0 Å². The fourth-order valence-corrected chi connectivity index (χ4v) is 2.95. The molecule has 0 unspecified atom stereocenters. The first-order valence-corrected chi connectivity index (χ1v) is 7.90. The van der Waals surface area contributed by atoms with Crippen molar-refractivity contribution < 1.29 is 4.79 Å². The van der Waals surface area contributed by atoms with E-state index in [1.54, 1.807) is 16.7 Å². The molecule has 1 fully saturated rings. The third-order valence-corrected chi connectivity index (χ3v) is 5.04. The number of nitrogens with one attached hydrogen (secondary N) is 1. The molecule has 1 aliphatic rings. The quantitative estimate of drug-likeness (QED) is 0.909. The van der Waals surface area contributed by atoms with Crippen LogP contribution in [-0.4, -0.2) is 35.0 Å². The van der Waals surface area contributed by atoms with E-state index >= 15 is 0 Å². The summed E-state index contributed by atoms with van der Waals surface area (Å²) < 4.78 is -0.319. The molecule has 106 valence electrons.